The Bertz CT molecular complexity index is 2010. The lowest BCUT2D eigenvalue weighted by Gasteiger charge is -2.34. The minimum atomic E-state index is -0.777. The number of methoxy groups -OCH3 is 3. The van der Waals surface area contributed by atoms with Crippen LogP contribution in [0.5, 0.6) is 17.2 Å². The largest absolute Gasteiger partial charge is 0.507 e. The number of aromatic hydroxyl groups is 3. The third-order valence-corrected chi connectivity index (χ3v) is 15.2. The summed E-state index contributed by atoms with van der Waals surface area (Å²) >= 11 is 4.84. The molecule has 0 spiro atoms. The minimum absolute atomic E-state index is 0.0213. The van der Waals surface area contributed by atoms with Crippen LogP contribution >= 0.6 is 35.3 Å². The van der Waals surface area contributed by atoms with Gasteiger partial charge in [0, 0.05) is 107 Å². The fourth-order valence-corrected chi connectivity index (χ4v) is 12.3. The molecule has 5 atom stereocenters. The second kappa shape index (κ2) is 20.6. The molecular formula is C48H57N3O9S3. The summed E-state index contributed by atoms with van der Waals surface area (Å²) in [4.78, 5) is 47.8. The predicted octanol–water partition coefficient (Wildman–Crippen LogP) is 7.10. The Hall–Kier alpha value is -4.38. The van der Waals surface area contributed by atoms with Gasteiger partial charge in [0.1, 0.15) is 35.4 Å². The maximum Gasteiger partial charge on any atom is 0.323 e. The fourth-order valence-electron chi connectivity index (χ4n) is 9.00. The maximum absolute atomic E-state index is 14.0. The first-order valence-corrected chi connectivity index (χ1v) is 24.5. The number of phenolic OH excluding ortho intramolecular Hbond substituents is 3. The SMILES string of the molecule is COC(=O)[C@H]1CSCc2cc3cc(c2)CSC[C@@H](C(=O)OC)N2Cc4cc(C)cc(c4O)CN1Cc1cc(C)cc(c1O)CN(Cc1cc(C)cc(c1O)C2)[C@@H](C(=O)OC)CSC3. The third kappa shape index (κ3) is 10.9. The average molecular weight is 916 g/mol. The number of thioether (sulfide) groups is 3. The van der Waals surface area contributed by atoms with Crippen LogP contribution in [0.3, 0.4) is 0 Å². The van der Waals surface area contributed by atoms with Gasteiger partial charge in [0.25, 0.3) is 0 Å². The molecule has 0 saturated heterocycles. The minimum Gasteiger partial charge on any atom is -0.507 e. The highest BCUT2D eigenvalue weighted by Crippen LogP contribution is 2.37. The second-order valence-electron chi connectivity index (χ2n) is 16.8. The van der Waals surface area contributed by atoms with Gasteiger partial charge in [-0.05, 0) is 37.5 Å². The number of benzene rings is 4. The molecule has 0 amide bonds. The van der Waals surface area contributed by atoms with Gasteiger partial charge >= 0.3 is 17.9 Å². The molecule has 336 valence electrons. The maximum atomic E-state index is 14.0. The van der Waals surface area contributed by atoms with Gasteiger partial charge in [-0.25, -0.2) is 0 Å². The molecule has 0 aliphatic carbocycles. The Morgan fingerprint density at radius 1 is 0.444 bits per heavy atom. The van der Waals surface area contributed by atoms with Gasteiger partial charge in [0.05, 0.1) is 21.3 Å². The molecule has 4 heterocycles. The Kier molecular flexibility index (Phi) is 15.3. The van der Waals surface area contributed by atoms with Crippen molar-refractivity contribution in [2.24, 2.45) is 0 Å². The predicted molar refractivity (Wildman–Crippen MR) is 249 cm³/mol. The Morgan fingerprint density at radius 3 is 0.873 bits per heavy atom. The van der Waals surface area contributed by atoms with Crippen LogP contribution < -0.4 is 0 Å². The number of carbonyl (C=O) groups excluding carboxylic acids is 3. The number of carbonyl (C=O) groups is 3. The van der Waals surface area contributed by atoms with Crippen LogP contribution in [-0.4, -0.2) is 105 Å². The number of rotatable bonds is 3. The first-order valence-electron chi connectivity index (χ1n) is 21.0. The first-order chi connectivity index (χ1) is 30.2. The monoisotopic (exact) mass is 915 g/mol. The van der Waals surface area contributed by atoms with Gasteiger partial charge in [-0.15, -0.1) is 0 Å². The van der Waals surface area contributed by atoms with Crippen molar-refractivity contribution in [2.75, 3.05) is 38.6 Å². The van der Waals surface area contributed by atoms with Crippen LogP contribution in [0.25, 0.3) is 0 Å². The van der Waals surface area contributed by atoms with Gasteiger partial charge in [0.15, 0.2) is 0 Å². The van der Waals surface area contributed by atoms with E-state index in [1.165, 1.54) is 21.3 Å². The molecule has 12 nitrogen and oxygen atoms in total. The highest BCUT2D eigenvalue weighted by Gasteiger charge is 2.34. The van der Waals surface area contributed by atoms with Crippen molar-refractivity contribution in [3.8, 4) is 17.2 Å². The van der Waals surface area contributed by atoms with Crippen LogP contribution in [0, 0.1) is 20.8 Å². The number of hydrogen-bond acceptors (Lipinski definition) is 15. The van der Waals surface area contributed by atoms with Gasteiger partial charge in [0.2, 0.25) is 0 Å². The van der Waals surface area contributed by atoms with Crippen molar-refractivity contribution in [1.82, 2.24) is 14.7 Å². The first kappa shape index (κ1) is 46.6. The van der Waals surface area contributed by atoms with Gasteiger partial charge in [-0.1, -0.05) is 71.3 Å². The van der Waals surface area contributed by atoms with Crippen molar-refractivity contribution < 1.29 is 43.9 Å². The van der Waals surface area contributed by atoms with Crippen LogP contribution in [0.2, 0.25) is 0 Å². The number of ether oxygens (including phenoxy) is 3. The molecule has 2 unspecified atom stereocenters. The molecule has 0 saturated carbocycles. The van der Waals surface area contributed by atoms with Crippen molar-refractivity contribution in [1.29, 1.82) is 0 Å². The molecule has 0 radical (unpaired) electrons. The Labute approximate surface area is 382 Å². The van der Waals surface area contributed by atoms with Crippen LogP contribution in [0.4, 0.5) is 0 Å². The molecule has 4 aromatic carbocycles. The average Bonchev–Trinajstić information content (AvgIpc) is 3.25. The molecule has 0 fully saturated rings. The van der Waals surface area contributed by atoms with Crippen molar-refractivity contribution in [2.45, 2.75) is 95.4 Å². The van der Waals surface area contributed by atoms with E-state index in [0.717, 1.165) is 33.4 Å². The zero-order valence-corrected chi connectivity index (χ0v) is 39.2. The van der Waals surface area contributed by atoms with Crippen LogP contribution in [0.1, 0.15) is 66.8 Å². The smallest absolute Gasteiger partial charge is 0.323 e. The zero-order chi connectivity index (χ0) is 44.9. The number of hydrogen-bond donors (Lipinski definition) is 3. The van der Waals surface area contributed by atoms with Crippen molar-refractivity contribution in [3.05, 3.63) is 121 Å². The second-order valence-corrected chi connectivity index (χ2v) is 19.9. The molecular weight excluding hydrogens is 859 g/mol. The molecule has 3 N–H and O–H groups in total. The van der Waals surface area contributed by atoms with E-state index in [9.17, 15) is 29.7 Å². The van der Waals surface area contributed by atoms with E-state index in [1.807, 2.05) is 71.9 Å². The topological polar surface area (TPSA) is 149 Å². The lowest BCUT2D eigenvalue weighted by molar-refractivity contribution is -0.147. The number of esters is 3. The van der Waals surface area contributed by atoms with E-state index >= 15 is 0 Å². The summed E-state index contributed by atoms with van der Waals surface area (Å²) in [6.07, 6.45) is 0. The van der Waals surface area contributed by atoms with Crippen molar-refractivity contribution >= 4 is 53.2 Å². The quantitative estimate of drug-likeness (QED) is 0.142. The molecule has 4 aromatic rings. The van der Waals surface area contributed by atoms with E-state index in [-0.39, 0.29) is 56.5 Å². The molecule has 63 heavy (non-hydrogen) atoms. The summed E-state index contributed by atoms with van der Waals surface area (Å²) in [7, 11) is 4.13. The fraction of sp³-hybridized carbons (Fsp3) is 0.438. The number of fused-ring (bicyclic) bond motifs is 9. The lowest BCUT2D eigenvalue weighted by Crippen LogP contribution is -2.44. The molecule has 15 heteroatoms. The lowest BCUT2D eigenvalue weighted by atomic mass is 9.98. The molecule has 12 bridgehead atoms. The third-order valence-electron chi connectivity index (χ3n) is 12.0. The van der Waals surface area contributed by atoms with Crippen molar-refractivity contribution in [3.63, 3.8) is 0 Å². The zero-order valence-electron chi connectivity index (χ0n) is 36.8. The highest BCUT2D eigenvalue weighted by molar-refractivity contribution is 7.99. The molecule has 4 aliphatic heterocycles. The van der Waals surface area contributed by atoms with E-state index in [4.69, 9.17) is 14.2 Å². The standard InChI is InChI=1S/C48H57N3O9S3/c1-28-7-34-16-49-18-36-9-29(2)11-38(44(36)53)20-51-21-39-12-30(3)10-37(45(39)54)19-50(17-35(8-28)43(34)52)41(47(56)59-5)26-62-23-32-13-31(22-61-25-40(49)46(55)58-4)14-33(15-32)24-63-27-42(51)48(57)60-6/h7-15,40-42,52-54H,16-27H2,1-6H3/t40-,41-,42+/m1/s1. The van der Waals surface area contributed by atoms with E-state index < -0.39 is 36.0 Å². The number of nitrogens with zero attached hydrogens (tertiary/aromatic N) is 3. The Morgan fingerprint density at radius 2 is 0.667 bits per heavy atom. The molecule has 8 rings (SSSR count). The highest BCUT2D eigenvalue weighted by atomic mass is 32.2. The Balaban J connectivity index is 1.55. The van der Waals surface area contributed by atoms with Gasteiger partial charge < -0.3 is 29.5 Å². The van der Waals surface area contributed by atoms with Crippen LogP contribution in [0.15, 0.2) is 54.6 Å². The summed E-state index contributed by atoms with van der Waals surface area (Å²) in [5.74, 6) is 1.64. The summed E-state index contributed by atoms with van der Waals surface area (Å²) in [6.45, 7) is 6.56. The summed E-state index contributed by atoms with van der Waals surface area (Å²) in [6, 6.07) is 15.6. The van der Waals surface area contributed by atoms with E-state index in [2.05, 4.69) is 18.2 Å². The van der Waals surface area contributed by atoms with Crippen LogP contribution in [-0.2, 0) is 85.1 Å². The van der Waals surface area contributed by atoms with Gasteiger partial charge in [-0.2, -0.15) is 35.3 Å². The summed E-state index contributed by atoms with van der Waals surface area (Å²) in [5.41, 5.74) is 9.19. The van der Waals surface area contributed by atoms with E-state index in [1.54, 1.807) is 35.3 Å². The molecule has 0 aromatic heterocycles. The molecule has 4 aliphatic rings. The number of aryl methyl sites for hydroxylation is 3. The summed E-state index contributed by atoms with van der Waals surface area (Å²) < 4.78 is 16.4. The van der Waals surface area contributed by atoms with Gasteiger partial charge in [-0.3, -0.25) is 29.1 Å². The van der Waals surface area contributed by atoms with E-state index in [0.29, 0.717) is 67.9 Å². The summed E-state index contributed by atoms with van der Waals surface area (Å²) in [5, 5.41) is 36.8. The number of phenols is 3. The normalized spacial score (nSPS) is 23.1.